The Morgan fingerprint density at radius 2 is 1.06 bits per heavy atom. The van der Waals surface area contributed by atoms with E-state index in [-0.39, 0.29) is 0 Å². The molecule has 2 aliphatic carbocycles. The molecule has 5 aromatic rings. The molecule has 1 heteroatoms. The van der Waals surface area contributed by atoms with Crippen molar-refractivity contribution >= 4 is 17.1 Å². The predicted molar refractivity (Wildman–Crippen MR) is 143 cm³/mol. The lowest BCUT2D eigenvalue weighted by Crippen LogP contribution is -2.25. The van der Waals surface area contributed by atoms with Crippen molar-refractivity contribution in [2.24, 2.45) is 0 Å². The molecule has 0 unspecified atom stereocenters. The number of para-hydroxylation sites is 1. The topological polar surface area (TPSA) is 3.24 Å². The maximum Gasteiger partial charge on any atom is 0.0539 e. The maximum absolute atomic E-state index is 2.60. The Morgan fingerprint density at radius 1 is 0.429 bits per heavy atom. The Balaban J connectivity index is 1.37. The van der Waals surface area contributed by atoms with Crippen LogP contribution in [0.1, 0.15) is 44.5 Å². The second-order valence-electron chi connectivity index (χ2n) is 10.5. The van der Waals surface area contributed by atoms with Gasteiger partial charge in [0, 0.05) is 18.5 Å². The Bertz CT molecular complexity index is 1760. The van der Waals surface area contributed by atoms with Crippen LogP contribution in [-0.2, 0) is 25.7 Å². The molecule has 0 atom stereocenters. The average Bonchev–Trinajstić information content (AvgIpc) is 3.46. The predicted octanol–water partition coefficient (Wildman–Crippen LogP) is 8.11. The van der Waals surface area contributed by atoms with E-state index in [0.29, 0.717) is 0 Å². The van der Waals surface area contributed by atoms with E-state index in [2.05, 4.69) is 95.9 Å². The molecule has 2 heterocycles. The van der Waals surface area contributed by atoms with Crippen LogP contribution in [-0.4, -0.2) is 0 Å². The summed E-state index contributed by atoms with van der Waals surface area (Å²) in [5, 5.41) is 0. The minimum absolute atomic E-state index is 1.01. The summed E-state index contributed by atoms with van der Waals surface area (Å²) < 4.78 is 0. The minimum Gasteiger partial charge on any atom is -0.309 e. The van der Waals surface area contributed by atoms with Gasteiger partial charge in [0.15, 0.2) is 0 Å². The van der Waals surface area contributed by atoms with Gasteiger partial charge in [0.05, 0.1) is 11.4 Å². The number of rotatable bonds is 0. The summed E-state index contributed by atoms with van der Waals surface area (Å²) in [7, 11) is 0. The van der Waals surface area contributed by atoms with E-state index < -0.39 is 0 Å². The van der Waals surface area contributed by atoms with E-state index in [9.17, 15) is 0 Å². The molecule has 0 spiro atoms. The molecule has 0 saturated carbocycles. The van der Waals surface area contributed by atoms with Crippen LogP contribution in [0, 0.1) is 0 Å². The molecule has 164 valence electrons. The van der Waals surface area contributed by atoms with Gasteiger partial charge in [-0.2, -0.15) is 0 Å². The third kappa shape index (κ3) is 2.24. The summed E-state index contributed by atoms with van der Waals surface area (Å²) in [6.07, 6.45) is 4.12. The van der Waals surface area contributed by atoms with Crippen molar-refractivity contribution in [1.29, 1.82) is 0 Å². The monoisotopic (exact) mass is 445 g/mol. The van der Waals surface area contributed by atoms with Gasteiger partial charge >= 0.3 is 0 Å². The molecular weight excluding hydrogens is 422 g/mol. The lowest BCUT2D eigenvalue weighted by atomic mass is 9.80. The first-order valence-corrected chi connectivity index (χ1v) is 12.7. The molecule has 35 heavy (non-hydrogen) atoms. The molecule has 0 aromatic heterocycles. The number of hydrogen-bond acceptors (Lipinski definition) is 1. The summed E-state index contributed by atoms with van der Waals surface area (Å²) in [6.45, 7) is 0. The lowest BCUT2D eigenvalue weighted by Gasteiger charge is -2.41. The molecule has 4 aliphatic rings. The number of nitrogens with zero attached hydrogens (tertiary/aromatic N) is 1. The van der Waals surface area contributed by atoms with Crippen molar-refractivity contribution in [3.8, 4) is 22.3 Å². The van der Waals surface area contributed by atoms with Crippen LogP contribution in [0.2, 0.25) is 0 Å². The second kappa shape index (κ2) is 6.31. The van der Waals surface area contributed by atoms with Crippen molar-refractivity contribution in [2.45, 2.75) is 25.7 Å². The van der Waals surface area contributed by atoms with Crippen LogP contribution in [0.25, 0.3) is 22.3 Å². The number of fused-ring (bicyclic) bond motifs is 12. The van der Waals surface area contributed by atoms with E-state index in [1.54, 1.807) is 0 Å². The van der Waals surface area contributed by atoms with Crippen molar-refractivity contribution in [2.75, 3.05) is 4.90 Å². The summed E-state index contributed by atoms with van der Waals surface area (Å²) in [4.78, 5) is 2.60. The zero-order valence-corrected chi connectivity index (χ0v) is 19.4. The molecule has 9 rings (SSSR count). The fourth-order valence-electron chi connectivity index (χ4n) is 7.35. The van der Waals surface area contributed by atoms with E-state index in [1.807, 2.05) is 0 Å². The van der Waals surface area contributed by atoms with Gasteiger partial charge in [-0.1, -0.05) is 78.9 Å². The molecule has 0 radical (unpaired) electrons. The van der Waals surface area contributed by atoms with Gasteiger partial charge < -0.3 is 4.90 Å². The molecule has 5 aromatic carbocycles. The Hall–Kier alpha value is -4.10. The minimum atomic E-state index is 1.01. The van der Waals surface area contributed by atoms with Gasteiger partial charge in [0.1, 0.15) is 0 Å². The van der Waals surface area contributed by atoms with E-state index in [1.165, 1.54) is 83.8 Å². The second-order valence-corrected chi connectivity index (χ2v) is 10.5. The van der Waals surface area contributed by atoms with Gasteiger partial charge in [0.25, 0.3) is 0 Å². The molecule has 0 fully saturated rings. The molecule has 1 nitrogen and oxygen atoms in total. The van der Waals surface area contributed by atoms with Gasteiger partial charge in [0.2, 0.25) is 0 Å². The first-order valence-electron chi connectivity index (χ1n) is 12.7. The molecule has 2 aliphatic heterocycles. The van der Waals surface area contributed by atoms with Crippen LogP contribution in [0.5, 0.6) is 0 Å². The van der Waals surface area contributed by atoms with Crippen LogP contribution in [0.4, 0.5) is 17.1 Å². The fourth-order valence-corrected chi connectivity index (χ4v) is 7.35. The van der Waals surface area contributed by atoms with Crippen molar-refractivity contribution in [1.82, 2.24) is 0 Å². The third-order valence-corrected chi connectivity index (χ3v) is 8.70. The first kappa shape index (κ1) is 18.3. The number of hydrogen-bond donors (Lipinski definition) is 0. The number of anilines is 3. The van der Waals surface area contributed by atoms with Crippen LogP contribution in [0.3, 0.4) is 0 Å². The summed E-state index contributed by atoms with van der Waals surface area (Å²) in [5.74, 6) is 0. The normalized spacial score (nSPS) is 14.9. The maximum atomic E-state index is 2.60. The SMILES string of the molecule is c1ccc2c(c1)Cc1ccc3c(c1-2)Cc1cc2c(c4c1N3c1ccccc1C4)-c1ccccc1C2. The van der Waals surface area contributed by atoms with E-state index in [4.69, 9.17) is 0 Å². The summed E-state index contributed by atoms with van der Waals surface area (Å²) in [6, 6.07) is 34.4. The highest BCUT2D eigenvalue weighted by Gasteiger charge is 2.37. The Kier molecular flexibility index (Phi) is 3.29. The number of benzene rings is 5. The fraction of sp³-hybridized carbons (Fsp3) is 0.118. The van der Waals surface area contributed by atoms with E-state index >= 15 is 0 Å². The highest BCUT2D eigenvalue weighted by molar-refractivity contribution is 5.98. The largest absolute Gasteiger partial charge is 0.309 e. The molecule has 0 amide bonds. The van der Waals surface area contributed by atoms with Crippen LogP contribution >= 0.6 is 0 Å². The quantitative estimate of drug-likeness (QED) is 0.228. The smallest absolute Gasteiger partial charge is 0.0539 e. The van der Waals surface area contributed by atoms with Crippen molar-refractivity contribution in [3.63, 3.8) is 0 Å². The third-order valence-electron chi connectivity index (χ3n) is 8.70. The summed E-state index contributed by atoms with van der Waals surface area (Å²) >= 11 is 0. The first-order chi connectivity index (χ1) is 17.3. The molecule has 0 bridgehead atoms. The van der Waals surface area contributed by atoms with Crippen molar-refractivity contribution < 1.29 is 0 Å². The van der Waals surface area contributed by atoms with Crippen molar-refractivity contribution in [3.05, 3.63) is 136 Å². The van der Waals surface area contributed by atoms with Gasteiger partial charge in [-0.15, -0.1) is 0 Å². The van der Waals surface area contributed by atoms with Gasteiger partial charge in [-0.3, -0.25) is 0 Å². The molecular formula is C34H23N. The zero-order chi connectivity index (χ0) is 22.7. The van der Waals surface area contributed by atoms with Crippen LogP contribution < -0.4 is 4.90 Å². The highest BCUT2D eigenvalue weighted by Crippen LogP contribution is 2.57. The van der Waals surface area contributed by atoms with Gasteiger partial charge in [-0.05, 0) is 91.7 Å². The summed E-state index contributed by atoms with van der Waals surface area (Å²) in [5.41, 5.74) is 21.9. The Labute approximate surface area is 205 Å². The van der Waals surface area contributed by atoms with E-state index in [0.717, 1.165) is 25.7 Å². The zero-order valence-electron chi connectivity index (χ0n) is 19.4. The standard InChI is InChI=1S/C34H23N/c1-4-10-26-20(7-1)15-23-13-14-31-28(32(23)26)19-25-17-24-16-21-8-2-5-11-27(21)33(24)29-18-22-9-3-6-12-30(22)35(31)34(25)29/h1-14,17H,15-16,18-19H2. The lowest BCUT2D eigenvalue weighted by molar-refractivity contribution is 1.01. The average molecular weight is 446 g/mol. The van der Waals surface area contributed by atoms with Crippen LogP contribution in [0.15, 0.2) is 91.0 Å². The molecule has 0 saturated heterocycles. The molecule has 0 N–H and O–H groups in total. The Morgan fingerprint density at radius 3 is 1.86 bits per heavy atom. The highest BCUT2D eigenvalue weighted by atomic mass is 15.2. The van der Waals surface area contributed by atoms with Gasteiger partial charge in [-0.25, -0.2) is 0 Å².